The molecule has 0 amide bonds. The summed E-state index contributed by atoms with van der Waals surface area (Å²) < 4.78 is 5.79. The molecule has 0 spiro atoms. The first kappa shape index (κ1) is 11.0. The fraction of sp³-hybridized carbons (Fsp3) is 0. The molecule has 0 aliphatic rings. The zero-order chi connectivity index (χ0) is 11.0. The maximum atomic E-state index is 11.8. The van der Waals surface area contributed by atoms with Crippen LogP contribution in [0.15, 0.2) is 22.6 Å². The molecular weight excluding hydrogens is 279 g/mol. The Morgan fingerprint density at radius 3 is 2.47 bits per heavy atom. The number of carbonyl (C=O) groups is 1. The first-order valence-electron chi connectivity index (χ1n) is 3.83. The lowest BCUT2D eigenvalue weighted by molar-refractivity contribution is 0.101. The highest BCUT2D eigenvalue weighted by Gasteiger charge is 2.18. The van der Waals surface area contributed by atoms with Gasteiger partial charge in [-0.3, -0.25) is 4.79 Å². The zero-order valence-corrected chi connectivity index (χ0v) is 10.2. The summed E-state index contributed by atoms with van der Waals surface area (Å²) in [6, 6.07) is 4.50. The summed E-state index contributed by atoms with van der Waals surface area (Å²) >= 11 is 18.3. The second kappa shape index (κ2) is 4.18. The minimum Gasteiger partial charge on any atom is -0.441 e. The van der Waals surface area contributed by atoms with Crippen molar-refractivity contribution in [1.29, 1.82) is 0 Å². The Balaban J connectivity index is 2.40. The van der Waals surface area contributed by atoms with Crippen molar-refractivity contribution in [2.45, 2.75) is 0 Å². The Bertz CT molecular complexity index is 515. The van der Waals surface area contributed by atoms with Crippen LogP contribution in [0.3, 0.4) is 0 Å². The van der Waals surface area contributed by atoms with Crippen molar-refractivity contribution in [3.63, 3.8) is 0 Å². The molecule has 2 nitrogen and oxygen atoms in total. The van der Waals surface area contributed by atoms with Crippen molar-refractivity contribution in [3.05, 3.63) is 43.4 Å². The van der Waals surface area contributed by atoms with Crippen LogP contribution >= 0.6 is 46.1 Å². The molecule has 0 aromatic carbocycles. The van der Waals surface area contributed by atoms with Gasteiger partial charge in [0.2, 0.25) is 5.78 Å². The van der Waals surface area contributed by atoms with Crippen molar-refractivity contribution in [2.75, 3.05) is 0 Å². The number of carbonyl (C=O) groups excluding carboxylic acids is 1. The third kappa shape index (κ3) is 2.21. The van der Waals surface area contributed by atoms with E-state index < -0.39 is 0 Å². The highest BCUT2D eigenvalue weighted by Crippen LogP contribution is 2.33. The Labute approximate surface area is 104 Å². The second-order valence-electron chi connectivity index (χ2n) is 2.67. The molecule has 0 fully saturated rings. The van der Waals surface area contributed by atoms with Crippen molar-refractivity contribution < 1.29 is 9.21 Å². The topological polar surface area (TPSA) is 30.2 Å². The monoisotopic (exact) mass is 280 g/mol. The van der Waals surface area contributed by atoms with Crippen molar-refractivity contribution in [2.24, 2.45) is 0 Å². The average molecular weight is 282 g/mol. The SMILES string of the molecule is O=C(c1ccc(Cl)o1)c1cc(Cl)sc1Cl. The average Bonchev–Trinajstić information content (AvgIpc) is 2.71. The van der Waals surface area contributed by atoms with Crippen LogP contribution in [0.2, 0.25) is 13.9 Å². The lowest BCUT2D eigenvalue weighted by Gasteiger charge is -1.93. The number of halogens is 3. The largest absolute Gasteiger partial charge is 0.441 e. The molecule has 0 saturated carbocycles. The van der Waals surface area contributed by atoms with E-state index in [-0.39, 0.29) is 16.8 Å². The maximum absolute atomic E-state index is 11.8. The first-order valence-corrected chi connectivity index (χ1v) is 5.78. The molecule has 15 heavy (non-hydrogen) atoms. The van der Waals surface area contributed by atoms with E-state index in [0.717, 1.165) is 11.3 Å². The van der Waals surface area contributed by atoms with Gasteiger partial charge in [-0.25, -0.2) is 0 Å². The molecule has 2 aromatic rings. The number of furan rings is 1. The van der Waals surface area contributed by atoms with E-state index in [1.165, 1.54) is 18.2 Å². The third-order valence-electron chi connectivity index (χ3n) is 1.70. The standard InChI is InChI=1S/C9H3Cl3O2S/c10-6-2-1-5(14-6)8(13)4-3-7(11)15-9(4)12/h1-3H. The summed E-state index contributed by atoms with van der Waals surface area (Å²) in [6.45, 7) is 0. The van der Waals surface area contributed by atoms with E-state index in [9.17, 15) is 4.79 Å². The number of thiophene rings is 1. The van der Waals surface area contributed by atoms with Crippen molar-refractivity contribution >= 4 is 51.9 Å². The van der Waals surface area contributed by atoms with E-state index in [4.69, 9.17) is 39.2 Å². The lowest BCUT2D eigenvalue weighted by atomic mass is 10.2. The zero-order valence-electron chi connectivity index (χ0n) is 7.09. The number of hydrogen-bond acceptors (Lipinski definition) is 3. The van der Waals surface area contributed by atoms with E-state index >= 15 is 0 Å². The van der Waals surface area contributed by atoms with E-state index in [1.54, 1.807) is 0 Å². The first-order chi connectivity index (χ1) is 7.08. The van der Waals surface area contributed by atoms with Gasteiger partial charge < -0.3 is 4.42 Å². The maximum Gasteiger partial charge on any atom is 0.230 e. The Morgan fingerprint density at radius 2 is 2.00 bits per heavy atom. The molecule has 0 unspecified atom stereocenters. The predicted molar refractivity (Wildman–Crippen MR) is 61.5 cm³/mol. The van der Waals surface area contributed by atoms with E-state index in [0.29, 0.717) is 14.2 Å². The van der Waals surface area contributed by atoms with Crippen molar-refractivity contribution in [3.8, 4) is 0 Å². The summed E-state index contributed by atoms with van der Waals surface area (Å²) in [7, 11) is 0. The quantitative estimate of drug-likeness (QED) is 0.757. The van der Waals surface area contributed by atoms with Crippen LogP contribution in [0.25, 0.3) is 0 Å². The number of hydrogen-bond donors (Lipinski definition) is 0. The van der Waals surface area contributed by atoms with Crippen LogP contribution in [0.1, 0.15) is 16.1 Å². The Hall–Kier alpha value is -0.480. The normalized spacial score (nSPS) is 10.6. The second-order valence-corrected chi connectivity index (χ2v) is 5.33. The smallest absolute Gasteiger partial charge is 0.230 e. The molecule has 2 rings (SSSR count). The Kier molecular flexibility index (Phi) is 3.07. The molecule has 0 bridgehead atoms. The fourth-order valence-electron chi connectivity index (χ4n) is 1.06. The highest BCUT2D eigenvalue weighted by molar-refractivity contribution is 7.20. The molecular formula is C9H3Cl3O2S. The number of rotatable bonds is 2. The van der Waals surface area contributed by atoms with Gasteiger partial charge in [0, 0.05) is 0 Å². The van der Waals surface area contributed by atoms with E-state index in [2.05, 4.69) is 0 Å². The van der Waals surface area contributed by atoms with Gasteiger partial charge >= 0.3 is 0 Å². The van der Waals surface area contributed by atoms with Gasteiger partial charge in [0.05, 0.1) is 9.90 Å². The minimum absolute atomic E-state index is 0.149. The lowest BCUT2D eigenvalue weighted by Crippen LogP contribution is -1.97. The third-order valence-corrected chi connectivity index (χ3v) is 3.39. The van der Waals surface area contributed by atoms with Gasteiger partial charge in [-0.15, -0.1) is 11.3 Å². The molecule has 2 heterocycles. The van der Waals surface area contributed by atoms with Crippen LogP contribution in [-0.4, -0.2) is 5.78 Å². The molecule has 6 heteroatoms. The molecule has 0 aliphatic carbocycles. The summed E-state index contributed by atoms with van der Waals surface area (Å²) in [4.78, 5) is 11.8. The molecule has 0 radical (unpaired) electrons. The predicted octanol–water partition coefficient (Wildman–Crippen LogP) is 4.53. The molecule has 0 atom stereocenters. The molecule has 0 saturated heterocycles. The van der Waals surface area contributed by atoms with Crippen LogP contribution < -0.4 is 0 Å². The van der Waals surface area contributed by atoms with Gasteiger partial charge in [0.1, 0.15) is 4.34 Å². The van der Waals surface area contributed by atoms with Gasteiger partial charge in [-0.2, -0.15) is 0 Å². The van der Waals surface area contributed by atoms with Crippen LogP contribution in [0.4, 0.5) is 0 Å². The summed E-state index contributed by atoms with van der Waals surface area (Å²) in [6.07, 6.45) is 0. The van der Waals surface area contributed by atoms with Gasteiger partial charge in [-0.1, -0.05) is 23.2 Å². The molecule has 78 valence electrons. The van der Waals surface area contributed by atoms with Crippen LogP contribution in [0.5, 0.6) is 0 Å². The van der Waals surface area contributed by atoms with Gasteiger partial charge in [0.15, 0.2) is 11.0 Å². The van der Waals surface area contributed by atoms with Crippen LogP contribution in [0, 0.1) is 0 Å². The minimum atomic E-state index is -0.324. The molecule has 0 N–H and O–H groups in total. The molecule has 0 aliphatic heterocycles. The van der Waals surface area contributed by atoms with Gasteiger partial charge in [-0.05, 0) is 29.8 Å². The van der Waals surface area contributed by atoms with Gasteiger partial charge in [0.25, 0.3) is 0 Å². The van der Waals surface area contributed by atoms with E-state index in [1.807, 2.05) is 0 Å². The Morgan fingerprint density at radius 1 is 1.27 bits per heavy atom. The summed E-state index contributed by atoms with van der Waals surface area (Å²) in [5.74, 6) is -0.175. The summed E-state index contributed by atoms with van der Waals surface area (Å²) in [5, 5.41) is 0.163. The number of ketones is 1. The molecule has 2 aromatic heterocycles. The van der Waals surface area contributed by atoms with Crippen molar-refractivity contribution in [1.82, 2.24) is 0 Å². The fourth-order valence-corrected chi connectivity index (χ4v) is 2.67. The summed E-state index contributed by atoms with van der Waals surface area (Å²) in [5.41, 5.74) is 0.331. The highest BCUT2D eigenvalue weighted by atomic mass is 35.5. The van der Waals surface area contributed by atoms with Crippen LogP contribution in [-0.2, 0) is 0 Å².